The molecule has 4 nitrogen and oxygen atoms in total. The van der Waals surface area contributed by atoms with Crippen LogP contribution in [-0.2, 0) is 9.59 Å². The van der Waals surface area contributed by atoms with E-state index in [4.69, 9.17) is 0 Å². The van der Waals surface area contributed by atoms with Crippen LogP contribution < -0.4 is 5.32 Å². The van der Waals surface area contributed by atoms with Gasteiger partial charge in [-0.2, -0.15) is 0 Å². The number of amides is 1. The van der Waals surface area contributed by atoms with Gasteiger partial charge in [-0.3, -0.25) is 9.59 Å². The monoisotopic (exact) mass is 270 g/mol. The van der Waals surface area contributed by atoms with Gasteiger partial charge in [-0.15, -0.1) is 0 Å². The minimum atomic E-state index is -0.0605. The van der Waals surface area contributed by atoms with E-state index in [1.807, 2.05) is 37.4 Å². The van der Waals surface area contributed by atoms with Crippen molar-refractivity contribution < 1.29 is 9.59 Å². The van der Waals surface area contributed by atoms with Gasteiger partial charge >= 0.3 is 0 Å². The van der Waals surface area contributed by atoms with E-state index < -0.39 is 0 Å². The summed E-state index contributed by atoms with van der Waals surface area (Å²) in [5, 5.41) is 4.05. The van der Waals surface area contributed by atoms with Crippen molar-refractivity contribution in [3.8, 4) is 0 Å². The van der Waals surface area contributed by atoms with Crippen LogP contribution in [0.3, 0.4) is 0 Å². The molecule has 0 spiro atoms. The minimum Gasteiger partial charge on any atom is -0.361 e. The van der Waals surface area contributed by atoms with Crippen molar-refractivity contribution >= 4 is 28.3 Å². The van der Waals surface area contributed by atoms with Gasteiger partial charge in [0.15, 0.2) is 0 Å². The van der Waals surface area contributed by atoms with Gasteiger partial charge in [0.05, 0.1) is 0 Å². The van der Waals surface area contributed by atoms with Gasteiger partial charge in [0, 0.05) is 41.5 Å². The van der Waals surface area contributed by atoms with Crippen LogP contribution in [0, 0.1) is 11.8 Å². The van der Waals surface area contributed by atoms with Crippen molar-refractivity contribution in [3.05, 3.63) is 30.5 Å². The maximum atomic E-state index is 12.3. The van der Waals surface area contributed by atoms with Crippen LogP contribution in [0.2, 0.25) is 0 Å². The summed E-state index contributed by atoms with van der Waals surface area (Å²) in [5.41, 5.74) is 1.87. The number of ketones is 1. The summed E-state index contributed by atoms with van der Waals surface area (Å²) < 4.78 is 0. The average molecular weight is 270 g/mol. The zero-order chi connectivity index (χ0) is 14.1. The highest BCUT2D eigenvalue weighted by Gasteiger charge is 2.31. The third-order valence-corrected chi connectivity index (χ3v) is 4.13. The van der Waals surface area contributed by atoms with Gasteiger partial charge in [0.1, 0.15) is 5.78 Å². The van der Waals surface area contributed by atoms with Crippen LogP contribution in [0.5, 0.6) is 0 Å². The topological polar surface area (TPSA) is 62.0 Å². The largest absolute Gasteiger partial charge is 0.361 e. The van der Waals surface area contributed by atoms with Gasteiger partial charge in [-0.1, -0.05) is 6.92 Å². The molecule has 1 aromatic heterocycles. The summed E-state index contributed by atoms with van der Waals surface area (Å²) in [7, 11) is 0. The molecule has 0 radical (unpaired) electrons. The number of anilines is 1. The van der Waals surface area contributed by atoms with Crippen molar-refractivity contribution in [3.63, 3.8) is 0 Å². The molecule has 1 saturated carbocycles. The van der Waals surface area contributed by atoms with Crippen molar-refractivity contribution in [1.29, 1.82) is 0 Å². The molecule has 0 bridgehead atoms. The Bertz CT molecular complexity index is 659. The van der Waals surface area contributed by atoms with E-state index in [9.17, 15) is 9.59 Å². The molecule has 0 saturated heterocycles. The summed E-state index contributed by atoms with van der Waals surface area (Å²) in [6, 6.07) is 7.80. The van der Waals surface area contributed by atoms with E-state index in [1.165, 1.54) is 0 Å². The number of rotatable bonds is 2. The molecule has 2 unspecified atom stereocenters. The first-order chi connectivity index (χ1) is 9.63. The number of carbonyl (C=O) groups is 2. The first kappa shape index (κ1) is 12.9. The average Bonchev–Trinajstić information content (AvgIpc) is 2.85. The van der Waals surface area contributed by atoms with Crippen molar-refractivity contribution in [2.45, 2.75) is 26.2 Å². The van der Waals surface area contributed by atoms with Crippen LogP contribution in [0.25, 0.3) is 10.9 Å². The molecule has 2 atom stereocenters. The molecule has 1 fully saturated rings. The summed E-state index contributed by atoms with van der Waals surface area (Å²) >= 11 is 0. The molecule has 1 aliphatic rings. The smallest absolute Gasteiger partial charge is 0.227 e. The quantitative estimate of drug-likeness (QED) is 0.880. The Labute approximate surface area is 117 Å². The second-order valence-corrected chi connectivity index (χ2v) is 5.63. The Balaban J connectivity index is 1.73. The van der Waals surface area contributed by atoms with E-state index in [0.29, 0.717) is 19.3 Å². The molecule has 1 aromatic carbocycles. The summed E-state index contributed by atoms with van der Waals surface area (Å²) in [4.78, 5) is 26.8. The molecule has 3 rings (SSSR count). The zero-order valence-electron chi connectivity index (χ0n) is 11.5. The first-order valence-corrected chi connectivity index (χ1v) is 7.03. The lowest BCUT2D eigenvalue weighted by molar-refractivity contribution is -0.127. The van der Waals surface area contributed by atoms with E-state index in [2.05, 4.69) is 10.3 Å². The molecule has 1 aliphatic carbocycles. The lowest BCUT2D eigenvalue weighted by atomic mass is 9.79. The third-order valence-electron chi connectivity index (χ3n) is 4.13. The molecule has 1 amide bonds. The number of hydrogen-bond donors (Lipinski definition) is 2. The van der Waals surface area contributed by atoms with Crippen LogP contribution >= 0.6 is 0 Å². The predicted molar refractivity (Wildman–Crippen MR) is 78.4 cm³/mol. The predicted octanol–water partition coefficient (Wildman–Crippen LogP) is 3.11. The van der Waals surface area contributed by atoms with E-state index in [0.717, 1.165) is 16.6 Å². The molecule has 4 heteroatoms. The molecule has 2 N–H and O–H groups in total. The molecule has 0 aliphatic heterocycles. The maximum absolute atomic E-state index is 12.3. The Hall–Kier alpha value is -2.10. The van der Waals surface area contributed by atoms with Gasteiger partial charge in [-0.25, -0.2) is 0 Å². The Morgan fingerprint density at radius 3 is 3.00 bits per heavy atom. The number of benzene rings is 1. The first-order valence-electron chi connectivity index (χ1n) is 7.03. The van der Waals surface area contributed by atoms with Gasteiger partial charge in [0.2, 0.25) is 5.91 Å². The fraction of sp³-hybridized carbons (Fsp3) is 0.375. The van der Waals surface area contributed by atoms with E-state index in [1.54, 1.807) is 0 Å². The number of nitrogens with one attached hydrogen (secondary N) is 2. The Morgan fingerprint density at radius 1 is 1.35 bits per heavy atom. The van der Waals surface area contributed by atoms with Crippen LogP contribution in [-0.4, -0.2) is 16.7 Å². The standard InChI is InChI=1S/C16H18N2O2/c1-10-8-13(19)3-4-14(10)16(20)18-12-2-5-15-11(9-12)6-7-17-15/h2,5-7,9-10,14,17H,3-4,8H2,1H3,(H,18,20). The Morgan fingerprint density at radius 2 is 2.20 bits per heavy atom. The Kier molecular flexibility index (Phi) is 3.30. The highest BCUT2D eigenvalue weighted by molar-refractivity contribution is 5.96. The fourth-order valence-electron chi connectivity index (χ4n) is 2.96. The summed E-state index contributed by atoms with van der Waals surface area (Å²) in [6.07, 6.45) is 3.59. The number of carbonyl (C=O) groups excluding carboxylic acids is 2. The van der Waals surface area contributed by atoms with Crippen LogP contribution in [0.4, 0.5) is 5.69 Å². The highest BCUT2D eigenvalue weighted by atomic mass is 16.2. The molecule has 20 heavy (non-hydrogen) atoms. The number of hydrogen-bond acceptors (Lipinski definition) is 2. The lowest BCUT2D eigenvalue weighted by Crippen LogP contribution is -2.33. The normalized spacial score (nSPS) is 22.9. The number of H-pyrrole nitrogens is 1. The highest BCUT2D eigenvalue weighted by Crippen LogP contribution is 2.29. The molecular weight excluding hydrogens is 252 g/mol. The summed E-state index contributed by atoms with van der Waals surface area (Å²) in [5.74, 6) is 0.372. The van der Waals surface area contributed by atoms with Crippen molar-refractivity contribution in [2.75, 3.05) is 5.32 Å². The van der Waals surface area contributed by atoms with E-state index in [-0.39, 0.29) is 23.5 Å². The number of Topliss-reactive ketones (excluding diaryl/α,β-unsaturated/α-hetero) is 1. The van der Waals surface area contributed by atoms with Gasteiger partial charge in [-0.05, 0) is 36.6 Å². The number of fused-ring (bicyclic) bond motifs is 1. The lowest BCUT2D eigenvalue weighted by Gasteiger charge is -2.26. The molecule has 2 aromatic rings. The van der Waals surface area contributed by atoms with Crippen LogP contribution in [0.1, 0.15) is 26.2 Å². The van der Waals surface area contributed by atoms with Crippen LogP contribution in [0.15, 0.2) is 30.5 Å². The summed E-state index contributed by atoms with van der Waals surface area (Å²) in [6.45, 7) is 1.98. The minimum absolute atomic E-state index is 0.0277. The zero-order valence-corrected chi connectivity index (χ0v) is 11.5. The second-order valence-electron chi connectivity index (χ2n) is 5.63. The molecule has 1 heterocycles. The van der Waals surface area contributed by atoms with Gasteiger partial charge < -0.3 is 10.3 Å². The molecule has 104 valence electrons. The maximum Gasteiger partial charge on any atom is 0.227 e. The number of aromatic nitrogens is 1. The van der Waals surface area contributed by atoms with Gasteiger partial charge in [0.25, 0.3) is 0 Å². The third kappa shape index (κ3) is 2.46. The second kappa shape index (κ2) is 5.12. The fourth-order valence-corrected chi connectivity index (χ4v) is 2.96. The molecular formula is C16H18N2O2. The van der Waals surface area contributed by atoms with E-state index >= 15 is 0 Å². The number of aromatic amines is 1. The van der Waals surface area contributed by atoms with Crippen molar-refractivity contribution in [1.82, 2.24) is 4.98 Å². The SMILES string of the molecule is CC1CC(=O)CCC1C(=O)Nc1ccc2[nH]ccc2c1. The van der Waals surface area contributed by atoms with Crippen molar-refractivity contribution in [2.24, 2.45) is 11.8 Å².